The van der Waals surface area contributed by atoms with Crippen LogP contribution in [0.2, 0.25) is 0 Å². The second kappa shape index (κ2) is 7.03. The summed E-state index contributed by atoms with van der Waals surface area (Å²) < 4.78 is 0. The van der Waals surface area contributed by atoms with Crippen molar-refractivity contribution in [3.8, 4) is 0 Å². The molecule has 0 aliphatic carbocycles. The molecule has 20 heavy (non-hydrogen) atoms. The van der Waals surface area contributed by atoms with Crippen LogP contribution in [-0.4, -0.2) is 28.5 Å². The van der Waals surface area contributed by atoms with Crippen LogP contribution in [-0.2, 0) is 16.0 Å². The van der Waals surface area contributed by atoms with Gasteiger partial charge in [0.05, 0.1) is 12.3 Å². The summed E-state index contributed by atoms with van der Waals surface area (Å²) in [6.45, 7) is 6.11. The minimum absolute atomic E-state index is 0.0885. The molecule has 1 atom stereocenters. The van der Waals surface area contributed by atoms with E-state index < -0.39 is 11.9 Å². The summed E-state index contributed by atoms with van der Waals surface area (Å²) >= 11 is 0. The zero-order chi connectivity index (χ0) is 15.2. The lowest BCUT2D eigenvalue weighted by Gasteiger charge is -2.23. The lowest BCUT2D eigenvalue weighted by Crippen LogP contribution is -2.35. The first-order chi connectivity index (χ1) is 9.28. The Morgan fingerprint density at radius 3 is 2.55 bits per heavy atom. The molecule has 5 nitrogen and oxygen atoms in total. The van der Waals surface area contributed by atoms with E-state index in [0.717, 1.165) is 0 Å². The summed E-state index contributed by atoms with van der Waals surface area (Å²) in [6, 6.07) is 5.36. The maximum absolute atomic E-state index is 11.8. The Morgan fingerprint density at radius 2 is 2.05 bits per heavy atom. The number of amides is 1. The predicted molar refractivity (Wildman–Crippen MR) is 76.1 cm³/mol. The molecule has 0 aromatic carbocycles. The molecule has 1 aromatic rings. The summed E-state index contributed by atoms with van der Waals surface area (Å²) in [5.41, 5.74) is 0.585. The van der Waals surface area contributed by atoms with Crippen molar-refractivity contribution in [3.05, 3.63) is 30.1 Å². The Labute approximate surface area is 119 Å². The van der Waals surface area contributed by atoms with Gasteiger partial charge in [-0.25, -0.2) is 0 Å². The smallest absolute Gasteiger partial charge is 0.308 e. The SMILES string of the molecule is CC(C)(C)CC(CNC(=O)Cc1ccccn1)C(=O)O. The van der Waals surface area contributed by atoms with Gasteiger partial charge in [0.25, 0.3) is 0 Å². The molecule has 1 rings (SSSR count). The highest BCUT2D eigenvalue weighted by Crippen LogP contribution is 2.24. The van der Waals surface area contributed by atoms with Gasteiger partial charge in [-0.1, -0.05) is 26.8 Å². The topological polar surface area (TPSA) is 79.3 Å². The summed E-state index contributed by atoms with van der Waals surface area (Å²) in [5.74, 6) is -1.65. The molecule has 0 saturated carbocycles. The van der Waals surface area contributed by atoms with Gasteiger partial charge < -0.3 is 10.4 Å². The molecule has 0 fully saturated rings. The number of nitrogens with one attached hydrogen (secondary N) is 1. The second-order valence-corrected chi connectivity index (χ2v) is 6.10. The van der Waals surface area contributed by atoms with Crippen molar-refractivity contribution in [2.75, 3.05) is 6.54 Å². The minimum atomic E-state index is -0.877. The van der Waals surface area contributed by atoms with Crippen molar-refractivity contribution >= 4 is 11.9 Å². The number of carboxylic acids is 1. The molecule has 0 bridgehead atoms. The fraction of sp³-hybridized carbons (Fsp3) is 0.533. The van der Waals surface area contributed by atoms with Crippen LogP contribution < -0.4 is 5.32 Å². The Kier molecular flexibility index (Phi) is 5.67. The Hall–Kier alpha value is -1.91. The standard InChI is InChI=1S/C15H22N2O3/c1-15(2,3)9-11(14(19)20)10-17-13(18)8-12-6-4-5-7-16-12/h4-7,11H,8-10H2,1-3H3,(H,17,18)(H,19,20). The van der Waals surface area contributed by atoms with E-state index in [4.69, 9.17) is 0 Å². The predicted octanol–water partition coefficient (Wildman–Crippen LogP) is 1.88. The minimum Gasteiger partial charge on any atom is -0.481 e. The molecule has 1 heterocycles. The summed E-state index contributed by atoms with van der Waals surface area (Å²) in [5, 5.41) is 11.9. The van der Waals surface area contributed by atoms with E-state index in [-0.39, 0.29) is 24.3 Å². The van der Waals surface area contributed by atoms with Gasteiger partial charge in [0.1, 0.15) is 0 Å². The van der Waals surface area contributed by atoms with Crippen LogP contribution in [0.25, 0.3) is 0 Å². The van der Waals surface area contributed by atoms with E-state index in [2.05, 4.69) is 10.3 Å². The van der Waals surface area contributed by atoms with Gasteiger partial charge in [-0.15, -0.1) is 0 Å². The molecule has 2 N–H and O–H groups in total. The highest BCUT2D eigenvalue weighted by Gasteiger charge is 2.24. The van der Waals surface area contributed by atoms with Gasteiger partial charge in [0.15, 0.2) is 0 Å². The number of aromatic nitrogens is 1. The molecule has 1 aromatic heterocycles. The normalized spacial score (nSPS) is 12.8. The van der Waals surface area contributed by atoms with E-state index >= 15 is 0 Å². The Bertz CT molecular complexity index is 452. The second-order valence-electron chi connectivity index (χ2n) is 6.10. The Morgan fingerprint density at radius 1 is 1.35 bits per heavy atom. The lowest BCUT2D eigenvalue weighted by molar-refractivity contribution is -0.142. The molecule has 0 radical (unpaired) electrons. The first-order valence-corrected chi connectivity index (χ1v) is 6.67. The van der Waals surface area contributed by atoms with Crippen LogP contribution in [0.5, 0.6) is 0 Å². The van der Waals surface area contributed by atoms with Crippen molar-refractivity contribution < 1.29 is 14.7 Å². The van der Waals surface area contributed by atoms with Crippen molar-refractivity contribution in [2.24, 2.45) is 11.3 Å². The van der Waals surface area contributed by atoms with E-state index in [9.17, 15) is 14.7 Å². The number of nitrogens with zero attached hydrogens (tertiary/aromatic N) is 1. The van der Waals surface area contributed by atoms with Crippen molar-refractivity contribution in [2.45, 2.75) is 33.6 Å². The molecule has 5 heteroatoms. The molecule has 0 saturated heterocycles. The maximum atomic E-state index is 11.8. The quantitative estimate of drug-likeness (QED) is 0.832. The molecular weight excluding hydrogens is 256 g/mol. The zero-order valence-electron chi connectivity index (χ0n) is 12.2. The van der Waals surface area contributed by atoms with E-state index in [1.165, 1.54) is 0 Å². The first-order valence-electron chi connectivity index (χ1n) is 6.67. The fourth-order valence-electron chi connectivity index (χ4n) is 1.95. The van der Waals surface area contributed by atoms with Crippen LogP contribution in [0.3, 0.4) is 0 Å². The van der Waals surface area contributed by atoms with Crippen LogP contribution in [0.4, 0.5) is 0 Å². The highest BCUT2D eigenvalue weighted by atomic mass is 16.4. The van der Waals surface area contributed by atoms with E-state index in [1.54, 1.807) is 18.3 Å². The maximum Gasteiger partial charge on any atom is 0.308 e. The van der Waals surface area contributed by atoms with Crippen LogP contribution in [0.1, 0.15) is 32.9 Å². The highest BCUT2D eigenvalue weighted by molar-refractivity contribution is 5.79. The Balaban J connectivity index is 2.47. The fourth-order valence-corrected chi connectivity index (χ4v) is 1.95. The van der Waals surface area contributed by atoms with E-state index in [1.807, 2.05) is 26.8 Å². The number of pyridine rings is 1. The van der Waals surface area contributed by atoms with Crippen molar-refractivity contribution in [1.82, 2.24) is 10.3 Å². The summed E-state index contributed by atoms with van der Waals surface area (Å²) in [7, 11) is 0. The third-order valence-corrected chi connectivity index (χ3v) is 2.82. The number of hydrogen-bond acceptors (Lipinski definition) is 3. The van der Waals surface area contributed by atoms with Gasteiger partial charge in [-0.2, -0.15) is 0 Å². The van der Waals surface area contributed by atoms with Gasteiger partial charge in [0.2, 0.25) is 5.91 Å². The van der Waals surface area contributed by atoms with Gasteiger partial charge in [0, 0.05) is 18.4 Å². The average Bonchev–Trinajstić information content (AvgIpc) is 2.34. The van der Waals surface area contributed by atoms with E-state index in [0.29, 0.717) is 12.1 Å². The van der Waals surface area contributed by atoms with Crippen LogP contribution in [0, 0.1) is 11.3 Å². The molecular formula is C15H22N2O3. The monoisotopic (exact) mass is 278 g/mol. The third kappa shape index (κ3) is 6.31. The summed E-state index contributed by atoms with van der Waals surface area (Å²) in [6.07, 6.45) is 2.32. The van der Waals surface area contributed by atoms with Gasteiger partial charge in [-0.3, -0.25) is 14.6 Å². The third-order valence-electron chi connectivity index (χ3n) is 2.82. The first kappa shape index (κ1) is 16.1. The van der Waals surface area contributed by atoms with Crippen molar-refractivity contribution in [3.63, 3.8) is 0 Å². The molecule has 0 spiro atoms. The zero-order valence-corrected chi connectivity index (χ0v) is 12.2. The van der Waals surface area contributed by atoms with Crippen LogP contribution >= 0.6 is 0 Å². The largest absolute Gasteiger partial charge is 0.481 e. The molecule has 110 valence electrons. The van der Waals surface area contributed by atoms with Gasteiger partial charge >= 0.3 is 5.97 Å². The molecule has 1 unspecified atom stereocenters. The van der Waals surface area contributed by atoms with Crippen molar-refractivity contribution in [1.29, 1.82) is 0 Å². The number of rotatable bonds is 6. The molecule has 1 amide bonds. The summed E-state index contributed by atoms with van der Waals surface area (Å²) in [4.78, 5) is 27.0. The number of carboxylic acid groups (broad SMARTS) is 1. The molecule has 0 aliphatic rings. The average molecular weight is 278 g/mol. The van der Waals surface area contributed by atoms with Gasteiger partial charge in [-0.05, 0) is 24.0 Å². The lowest BCUT2D eigenvalue weighted by atomic mass is 9.84. The molecule has 0 aliphatic heterocycles. The van der Waals surface area contributed by atoms with Crippen LogP contribution in [0.15, 0.2) is 24.4 Å². The number of carbonyl (C=O) groups excluding carboxylic acids is 1. The number of carbonyl (C=O) groups is 2. The number of hydrogen-bond donors (Lipinski definition) is 2. The number of aliphatic carboxylic acids is 1.